The van der Waals surface area contributed by atoms with Crippen molar-refractivity contribution in [3.8, 4) is 0 Å². The molecule has 42 heavy (non-hydrogen) atoms. The monoisotopic (exact) mass is 576 g/mol. The van der Waals surface area contributed by atoms with Crippen LogP contribution in [0.1, 0.15) is 176 Å². The Bertz CT molecular complexity index is 1080. The lowest BCUT2D eigenvalue weighted by molar-refractivity contribution is 0.155. The van der Waals surface area contributed by atoms with Gasteiger partial charge >= 0.3 is 0 Å². The van der Waals surface area contributed by atoms with Crippen molar-refractivity contribution < 1.29 is 8.78 Å². The minimum Gasteiger partial charge on any atom is -0.207 e. The SMILES string of the molecule is CCCCCc1ccc(C2CCC(c3ccc(C4CCC(C5CCC(CCCCC)CC5)CC4)cc3F)CC2)cc1F. The van der Waals surface area contributed by atoms with Gasteiger partial charge in [0.15, 0.2) is 0 Å². The van der Waals surface area contributed by atoms with Crippen LogP contribution in [0.2, 0.25) is 0 Å². The van der Waals surface area contributed by atoms with E-state index in [1.807, 2.05) is 12.1 Å². The van der Waals surface area contributed by atoms with Gasteiger partial charge in [-0.05, 0) is 147 Å². The Hall–Kier alpha value is -1.70. The molecule has 2 aromatic rings. The van der Waals surface area contributed by atoms with Crippen LogP contribution in [0.15, 0.2) is 36.4 Å². The van der Waals surface area contributed by atoms with Crippen molar-refractivity contribution in [1.82, 2.24) is 0 Å². The summed E-state index contributed by atoms with van der Waals surface area (Å²) in [6, 6.07) is 12.2. The number of aryl methyl sites for hydroxylation is 1. The van der Waals surface area contributed by atoms with Crippen LogP contribution in [-0.4, -0.2) is 0 Å². The molecule has 0 spiro atoms. The second kappa shape index (κ2) is 15.9. The number of rotatable bonds is 12. The van der Waals surface area contributed by atoms with E-state index in [0.717, 1.165) is 85.8 Å². The summed E-state index contributed by atoms with van der Waals surface area (Å²) in [5.74, 6) is 4.05. The molecule has 0 saturated heterocycles. The average molecular weight is 577 g/mol. The Kier molecular flexibility index (Phi) is 12.0. The number of unbranched alkanes of at least 4 members (excludes halogenated alkanes) is 4. The summed E-state index contributed by atoms with van der Waals surface area (Å²) in [6.07, 6.45) is 24.9. The van der Waals surface area contributed by atoms with Crippen molar-refractivity contribution in [3.63, 3.8) is 0 Å². The lowest BCUT2D eigenvalue weighted by atomic mass is 9.68. The molecular weight excluding hydrogens is 518 g/mol. The lowest BCUT2D eigenvalue weighted by Crippen LogP contribution is -2.25. The summed E-state index contributed by atoms with van der Waals surface area (Å²) in [6.45, 7) is 4.49. The summed E-state index contributed by atoms with van der Waals surface area (Å²) in [5, 5.41) is 0. The van der Waals surface area contributed by atoms with Crippen LogP contribution in [0.4, 0.5) is 8.78 Å². The Morgan fingerprint density at radius 2 is 1.07 bits per heavy atom. The van der Waals surface area contributed by atoms with Gasteiger partial charge in [0, 0.05) is 0 Å². The average Bonchev–Trinajstić information content (AvgIpc) is 3.02. The predicted octanol–water partition coefficient (Wildman–Crippen LogP) is 12.8. The quantitative estimate of drug-likeness (QED) is 0.220. The molecule has 3 aliphatic carbocycles. The van der Waals surface area contributed by atoms with Crippen molar-refractivity contribution in [2.24, 2.45) is 17.8 Å². The highest BCUT2D eigenvalue weighted by Gasteiger charge is 2.32. The van der Waals surface area contributed by atoms with Crippen molar-refractivity contribution in [1.29, 1.82) is 0 Å². The summed E-state index contributed by atoms with van der Waals surface area (Å²) >= 11 is 0. The van der Waals surface area contributed by atoms with Crippen molar-refractivity contribution in [2.45, 2.75) is 160 Å². The van der Waals surface area contributed by atoms with Crippen LogP contribution in [0.3, 0.4) is 0 Å². The number of halogens is 2. The Balaban J connectivity index is 1.08. The largest absolute Gasteiger partial charge is 0.207 e. The molecule has 0 aliphatic heterocycles. The predicted molar refractivity (Wildman–Crippen MR) is 174 cm³/mol. The van der Waals surface area contributed by atoms with E-state index >= 15 is 4.39 Å². The Morgan fingerprint density at radius 3 is 1.67 bits per heavy atom. The maximum Gasteiger partial charge on any atom is 0.126 e. The summed E-state index contributed by atoms with van der Waals surface area (Å²) < 4.78 is 30.2. The molecule has 5 rings (SSSR count). The summed E-state index contributed by atoms with van der Waals surface area (Å²) in [7, 11) is 0. The molecule has 0 unspecified atom stereocenters. The van der Waals surface area contributed by atoms with Gasteiger partial charge in [-0.1, -0.05) is 89.5 Å². The maximum atomic E-state index is 15.5. The molecule has 2 heteroatoms. The highest BCUT2D eigenvalue weighted by Crippen LogP contribution is 2.46. The third kappa shape index (κ3) is 8.26. The summed E-state index contributed by atoms with van der Waals surface area (Å²) in [5.41, 5.74) is 4.14. The standard InChI is InChI=1S/C40H58F2/c1-3-5-7-9-29-11-13-30(14-12-29)31-15-17-32(18-16-31)37-25-26-38(40(42)28-37)34-21-19-33(20-22-34)36-24-23-35(39(41)27-36)10-8-6-4-2/h23-34H,3-22H2,1-2H3. The van der Waals surface area contributed by atoms with Gasteiger partial charge in [0.05, 0.1) is 0 Å². The fraction of sp³-hybridized carbons (Fsp3) is 0.700. The fourth-order valence-corrected chi connectivity index (χ4v) is 9.01. The second-order valence-corrected chi connectivity index (χ2v) is 14.5. The molecule has 3 fully saturated rings. The highest BCUT2D eigenvalue weighted by molar-refractivity contribution is 5.32. The van der Waals surface area contributed by atoms with E-state index in [2.05, 4.69) is 32.0 Å². The smallest absolute Gasteiger partial charge is 0.126 e. The van der Waals surface area contributed by atoms with E-state index in [1.165, 1.54) is 82.6 Å². The molecule has 0 radical (unpaired) electrons. The first-order chi connectivity index (χ1) is 20.6. The van der Waals surface area contributed by atoms with E-state index in [0.29, 0.717) is 17.8 Å². The van der Waals surface area contributed by atoms with Gasteiger partial charge in [0.25, 0.3) is 0 Å². The molecule has 2 aromatic carbocycles. The zero-order valence-corrected chi connectivity index (χ0v) is 26.8. The normalized spacial score (nSPS) is 28.6. The number of hydrogen-bond acceptors (Lipinski definition) is 0. The molecule has 0 amide bonds. The molecule has 0 N–H and O–H groups in total. The van der Waals surface area contributed by atoms with Gasteiger partial charge in [-0.25, -0.2) is 8.78 Å². The number of hydrogen-bond donors (Lipinski definition) is 0. The molecular formula is C40H58F2. The van der Waals surface area contributed by atoms with Gasteiger partial charge in [-0.15, -0.1) is 0 Å². The first-order valence-electron chi connectivity index (χ1n) is 18.1. The lowest BCUT2D eigenvalue weighted by Gasteiger charge is -2.38. The van der Waals surface area contributed by atoms with E-state index in [1.54, 1.807) is 6.07 Å². The van der Waals surface area contributed by atoms with E-state index in [-0.39, 0.29) is 11.6 Å². The molecule has 0 atom stereocenters. The van der Waals surface area contributed by atoms with Crippen molar-refractivity contribution >= 4 is 0 Å². The van der Waals surface area contributed by atoms with Crippen molar-refractivity contribution in [3.05, 3.63) is 70.3 Å². The van der Waals surface area contributed by atoms with Crippen LogP contribution in [0, 0.1) is 29.4 Å². The third-order valence-electron chi connectivity index (χ3n) is 11.8. The van der Waals surface area contributed by atoms with Crippen LogP contribution in [0.25, 0.3) is 0 Å². The van der Waals surface area contributed by atoms with E-state index in [9.17, 15) is 4.39 Å². The van der Waals surface area contributed by atoms with E-state index in [4.69, 9.17) is 0 Å². The van der Waals surface area contributed by atoms with Gasteiger partial charge < -0.3 is 0 Å². The van der Waals surface area contributed by atoms with Gasteiger partial charge in [0.2, 0.25) is 0 Å². The zero-order chi connectivity index (χ0) is 29.3. The highest BCUT2D eigenvalue weighted by atomic mass is 19.1. The molecule has 0 heterocycles. The Labute approximate surface area is 256 Å². The molecule has 3 aliphatic rings. The van der Waals surface area contributed by atoms with Gasteiger partial charge in [0.1, 0.15) is 11.6 Å². The minimum absolute atomic E-state index is 0.0157. The van der Waals surface area contributed by atoms with E-state index < -0.39 is 0 Å². The summed E-state index contributed by atoms with van der Waals surface area (Å²) in [4.78, 5) is 0. The molecule has 0 bridgehead atoms. The maximum absolute atomic E-state index is 15.5. The van der Waals surface area contributed by atoms with Crippen LogP contribution in [-0.2, 0) is 6.42 Å². The first kappa shape index (κ1) is 31.7. The topological polar surface area (TPSA) is 0 Å². The van der Waals surface area contributed by atoms with Crippen LogP contribution in [0.5, 0.6) is 0 Å². The zero-order valence-electron chi connectivity index (χ0n) is 26.8. The third-order valence-corrected chi connectivity index (χ3v) is 11.8. The fourth-order valence-electron chi connectivity index (χ4n) is 9.01. The Morgan fingerprint density at radius 1 is 0.548 bits per heavy atom. The minimum atomic E-state index is -0.0356. The van der Waals surface area contributed by atoms with Crippen LogP contribution < -0.4 is 0 Å². The van der Waals surface area contributed by atoms with Gasteiger partial charge in [-0.3, -0.25) is 0 Å². The van der Waals surface area contributed by atoms with Gasteiger partial charge in [-0.2, -0.15) is 0 Å². The van der Waals surface area contributed by atoms with Crippen molar-refractivity contribution in [2.75, 3.05) is 0 Å². The second-order valence-electron chi connectivity index (χ2n) is 14.5. The number of benzene rings is 2. The van der Waals surface area contributed by atoms with Crippen LogP contribution >= 0.6 is 0 Å². The molecule has 0 nitrogen and oxygen atoms in total. The molecule has 232 valence electrons. The first-order valence-corrected chi connectivity index (χ1v) is 18.1. The molecule has 3 saturated carbocycles. The molecule has 0 aromatic heterocycles.